The molecule has 0 saturated carbocycles. The van der Waals surface area contributed by atoms with E-state index in [1.54, 1.807) is 14.2 Å². The van der Waals surface area contributed by atoms with Crippen LogP contribution in [0, 0.1) is 12.8 Å². The van der Waals surface area contributed by atoms with Gasteiger partial charge in [0.15, 0.2) is 11.5 Å². The minimum Gasteiger partial charge on any atom is -0.493 e. The Labute approximate surface area is 166 Å². The van der Waals surface area contributed by atoms with E-state index in [2.05, 4.69) is 5.32 Å². The third-order valence-electron chi connectivity index (χ3n) is 4.92. The highest BCUT2D eigenvalue weighted by molar-refractivity contribution is 5.85. The van der Waals surface area contributed by atoms with Crippen LogP contribution >= 0.6 is 12.4 Å². The zero-order valence-corrected chi connectivity index (χ0v) is 17.1. The van der Waals surface area contributed by atoms with E-state index >= 15 is 0 Å². The van der Waals surface area contributed by atoms with E-state index in [4.69, 9.17) is 14.6 Å². The lowest BCUT2D eigenvalue weighted by Crippen LogP contribution is -2.43. The van der Waals surface area contributed by atoms with E-state index in [0.29, 0.717) is 37.4 Å². The van der Waals surface area contributed by atoms with Crippen molar-refractivity contribution in [3.63, 3.8) is 0 Å². The maximum atomic E-state index is 12.4. The number of carboxylic acids is 1. The number of likely N-dealkylation sites (tertiary alicyclic amines) is 1. The van der Waals surface area contributed by atoms with Crippen LogP contribution in [0.2, 0.25) is 0 Å². The summed E-state index contributed by atoms with van der Waals surface area (Å²) in [5.41, 5.74) is 1.98. The van der Waals surface area contributed by atoms with Crippen LogP contribution in [0.15, 0.2) is 12.1 Å². The molecular formula is C19H29ClN2O5. The van der Waals surface area contributed by atoms with Crippen molar-refractivity contribution in [2.45, 2.75) is 32.7 Å². The van der Waals surface area contributed by atoms with Crippen molar-refractivity contribution in [3.8, 4) is 11.5 Å². The maximum absolute atomic E-state index is 12.4. The molecule has 1 unspecified atom stereocenters. The molecule has 0 aliphatic carbocycles. The van der Waals surface area contributed by atoms with Gasteiger partial charge in [0.05, 0.1) is 32.7 Å². The van der Waals surface area contributed by atoms with Crippen LogP contribution < -0.4 is 14.8 Å². The van der Waals surface area contributed by atoms with Crippen molar-refractivity contribution < 1.29 is 24.2 Å². The normalized spacial score (nSPS) is 16.1. The number of hydrogen-bond acceptors (Lipinski definition) is 5. The summed E-state index contributed by atoms with van der Waals surface area (Å²) in [4.78, 5) is 25.4. The molecule has 1 heterocycles. The number of benzene rings is 1. The number of ether oxygens (including phenoxy) is 2. The zero-order chi connectivity index (χ0) is 19.3. The van der Waals surface area contributed by atoms with Crippen molar-refractivity contribution in [2.75, 3.05) is 33.9 Å². The number of rotatable bonds is 7. The second-order valence-electron chi connectivity index (χ2n) is 6.74. The van der Waals surface area contributed by atoms with Crippen LogP contribution in [-0.2, 0) is 9.59 Å². The summed E-state index contributed by atoms with van der Waals surface area (Å²) in [6, 6.07) is 3.61. The minimum atomic E-state index is -0.744. The summed E-state index contributed by atoms with van der Waals surface area (Å²) in [5.74, 6) is 0.188. The van der Waals surface area contributed by atoms with Gasteiger partial charge in [-0.1, -0.05) is 0 Å². The van der Waals surface area contributed by atoms with E-state index in [0.717, 1.165) is 11.1 Å². The summed E-state index contributed by atoms with van der Waals surface area (Å²) in [6.45, 7) is 5.45. The second kappa shape index (κ2) is 10.4. The number of hydrogen-bond donors (Lipinski definition) is 2. The van der Waals surface area contributed by atoms with Crippen LogP contribution in [0.4, 0.5) is 0 Å². The highest BCUT2D eigenvalue weighted by Crippen LogP contribution is 2.32. The molecule has 1 aliphatic rings. The number of halogens is 1. The van der Waals surface area contributed by atoms with Gasteiger partial charge in [0, 0.05) is 0 Å². The van der Waals surface area contributed by atoms with Gasteiger partial charge in [-0.25, -0.2) is 0 Å². The van der Waals surface area contributed by atoms with Gasteiger partial charge in [0.25, 0.3) is 0 Å². The average Bonchev–Trinajstić information content (AvgIpc) is 2.61. The Morgan fingerprint density at radius 2 is 1.78 bits per heavy atom. The Morgan fingerprint density at radius 3 is 2.30 bits per heavy atom. The van der Waals surface area contributed by atoms with Crippen LogP contribution in [0.5, 0.6) is 11.5 Å². The van der Waals surface area contributed by atoms with Crippen LogP contribution in [0.1, 0.15) is 36.9 Å². The van der Waals surface area contributed by atoms with Crippen molar-refractivity contribution in [1.29, 1.82) is 0 Å². The average molecular weight is 401 g/mol. The van der Waals surface area contributed by atoms with Gasteiger partial charge in [-0.15, -0.1) is 12.4 Å². The molecule has 1 saturated heterocycles. The number of carbonyl (C=O) groups excluding carboxylic acids is 1. The fraction of sp³-hybridized carbons (Fsp3) is 0.579. The maximum Gasteiger partial charge on any atom is 0.306 e. The third kappa shape index (κ3) is 6.01. The van der Waals surface area contributed by atoms with Gasteiger partial charge in [0.2, 0.25) is 5.91 Å². The van der Waals surface area contributed by atoms with Crippen molar-refractivity contribution in [3.05, 3.63) is 23.3 Å². The van der Waals surface area contributed by atoms with E-state index in [1.807, 2.05) is 30.9 Å². The minimum absolute atomic E-state index is 0. The van der Waals surface area contributed by atoms with Gasteiger partial charge in [-0.3, -0.25) is 14.5 Å². The molecule has 0 spiro atoms. The molecular weight excluding hydrogens is 372 g/mol. The molecule has 1 aromatic carbocycles. The van der Waals surface area contributed by atoms with E-state index < -0.39 is 5.97 Å². The quantitative estimate of drug-likeness (QED) is 0.730. The molecule has 1 atom stereocenters. The van der Waals surface area contributed by atoms with Crippen LogP contribution in [-0.4, -0.2) is 55.7 Å². The predicted octanol–water partition coefficient (Wildman–Crippen LogP) is 2.41. The van der Waals surface area contributed by atoms with Gasteiger partial charge < -0.3 is 19.9 Å². The van der Waals surface area contributed by atoms with E-state index in [1.165, 1.54) is 0 Å². The summed E-state index contributed by atoms with van der Waals surface area (Å²) in [5, 5.41) is 12.1. The molecule has 0 bridgehead atoms. The number of carboxylic acid groups (broad SMARTS) is 1. The van der Waals surface area contributed by atoms with Crippen LogP contribution in [0.3, 0.4) is 0 Å². The monoisotopic (exact) mass is 400 g/mol. The highest BCUT2D eigenvalue weighted by Gasteiger charge is 2.26. The SMILES string of the molecule is COc1cc(C)c(C(C)NC(=O)CN2CCC(C(=O)O)CC2)cc1OC.Cl. The summed E-state index contributed by atoms with van der Waals surface area (Å²) < 4.78 is 10.6. The number of aliphatic carboxylic acids is 1. The van der Waals surface area contributed by atoms with E-state index in [-0.39, 0.29) is 36.8 Å². The molecule has 7 nitrogen and oxygen atoms in total. The van der Waals surface area contributed by atoms with Gasteiger partial charge in [-0.2, -0.15) is 0 Å². The first-order valence-electron chi connectivity index (χ1n) is 8.82. The fourth-order valence-corrected chi connectivity index (χ4v) is 3.37. The van der Waals surface area contributed by atoms with Crippen LogP contribution in [0.25, 0.3) is 0 Å². The lowest BCUT2D eigenvalue weighted by atomic mass is 9.97. The molecule has 2 rings (SSSR count). The molecule has 1 aliphatic heterocycles. The number of carbonyl (C=O) groups is 2. The van der Waals surface area contributed by atoms with Crippen molar-refractivity contribution >= 4 is 24.3 Å². The molecule has 0 radical (unpaired) electrons. The van der Waals surface area contributed by atoms with E-state index in [9.17, 15) is 9.59 Å². The summed E-state index contributed by atoms with van der Waals surface area (Å²) in [7, 11) is 3.18. The Bertz CT molecular complexity index is 660. The molecule has 1 fully saturated rings. The summed E-state index contributed by atoms with van der Waals surface area (Å²) >= 11 is 0. The first kappa shape index (κ1) is 23.0. The highest BCUT2D eigenvalue weighted by atomic mass is 35.5. The molecule has 1 aromatic rings. The van der Waals surface area contributed by atoms with Crippen molar-refractivity contribution in [1.82, 2.24) is 10.2 Å². The number of nitrogens with one attached hydrogen (secondary N) is 1. The second-order valence-corrected chi connectivity index (χ2v) is 6.74. The van der Waals surface area contributed by atoms with Gasteiger partial charge >= 0.3 is 5.97 Å². The Morgan fingerprint density at radius 1 is 1.22 bits per heavy atom. The van der Waals surface area contributed by atoms with Gasteiger partial charge in [0.1, 0.15) is 0 Å². The topological polar surface area (TPSA) is 88.1 Å². The molecule has 152 valence electrons. The number of methoxy groups -OCH3 is 2. The molecule has 1 amide bonds. The third-order valence-corrected chi connectivity index (χ3v) is 4.92. The number of piperidine rings is 1. The lowest BCUT2D eigenvalue weighted by molar-refractivity contribution is -0.143. The zero-order valence-electron chi connectivity index (χ0n) is 16.3. The predicted molar refractivity (Wildman–Crippen MR) is 105 cm³/mol. The standard InChI is InChI=1S/C19H28N2O5.ClH/c1-12-9-16(25-3)17(26-4)10-15(12)13(2)20-18(22)11-21-7-5-14(6-8-21)19(23)24;/h9-10,13-14H,5-8,11H2,1-4H3,(H,20,22)(H,23,24);1H. The molecule has 0 aromatic heterocycles. The smallest absolute Gasteiger partial charge is 0.306 e. The van der Waals surface area contributed by atoms with Gasteiger partial charge in [-0.05, 0) is 63.0 Å². The first-order chi connectivity index (χ1) is 12.3. The number of nitrogens with zero attached hydrogens (tertiary/aromatic N) is 1. The summed E-state index contributed by atoms with van der Waals surface area (Å²) in [6.07, 6.45) is 1.18. The molecule has 8 heteroatoms. The molecule has 2 N–H and O–H groups in total. The number of amides is 1. The first-order valence-corrected chi connectivity index (χ1v) is 8.82. The largest absolute Gasteiger partial charge is 0.493 e. The lowest BCUT2D eigenvalue weighted by Gasteiger charge is -2.30. The number of aryl methyl sites for hydroxylation is 1. The Balaban J connectivity index is 0.00000364. The van der Waals surface area contributed by atoms with Crippen molar-refractivity contribution in [2.24, 2.45) is 5.92 Å². The fourth-order valence-electron chi connectivity index (χ4n) is 3.37. The Kier molecular flexibility index (Phi) is 8.85. The Hall–Kier alpha value is -1.99. The molecule has 27 heavy (non-hydrogen) atoms.